The van der Waals surface area contributed by atoms with Crippen molar-refractivity contribution in [3.05, 3.63) is 39.9 Å². The van der Waals surface area contributed by atoms with Gasteiger partial charge in [0.2, 0.25) is 0 Å². The van der Waals surface area contributed by atoms with E-state index in [-0.39, 0.29) is 18.7 Å². The molecule has 0 saturated heterocycles. The number of carbonyl (C=O) groups excluding carboxylic acids is 1. The highest BCUT2D eigenvalue weighted by Crippen LogP contribution is 2.24. The molecule has 0 radical (unpaired) electrons. The number of esters is 1. The second kappa shape index (κ2) is 6.99. The van der Waals surface area contributed by atoms with Gasteiger partial charge in [-0.25, -0.2) is 0 Å². The Morgan fingerprint density at radius 2 is 1.91 bits per heavy atom. The van der Waals surface area contributed by atoms with Crippen LogP contribution in [0.25, 0.3) is 0 Å². The van der Waals surface area contributed by atoms with Crippen molar-refractivity contribution in [1.82, 2.24) is 0 Å². The smallest absolute Gasteiger partial charge is 0.320 e. The summed E-state index contributed by atoms with van der Waals surface area (Å²) in [5.74, 6) is -1.77. The van der Waals surface area contributed by atoms with Crippen molar-refractivity contribution in [2.45, 2.75) is 32.9 Å². The minimum atomic E-state index is -1.18. The molecule has 0 bridgehead atoms. The fourth-order valence-corrected chi connectivity index (χ4v) is 1.78. The lowest BCUT2D eigenvalue weighted by atomic mass is 9.86. The zero-order valence-electron chi connectivity index (χ0n) is 12.3. The number of aliphatic carboxylic acids is 1. The van der Waals surface area contributed by atoms with Crippen LogP contribution in [0.1, 0.15) is 25.8 Å². The summed E-state index contributed by atoms with van der Waals surface area (Å²) in [7, 11) is 0. The Bertz CT molecular complexity index is 567. The average molecular weight is 310 g/mol. The molecule has 0 saturated carbocycles. The van der Waals surface area contributed by atoms with Gasteiger partial charge in [-0.1, -0.05) is 0 Å². The number of carbonyl (C=O) groups is 2. The van der Waals surface area contributed by atoms with Crippen LogP contribution in [0.15, 0.2) is 24.3 Å². The van der Waals surface area contributed by atoms with Crippen molar-refractivity contribution in [3.63, 3.8) is 0 Å². The van der Waals surface area contributed by atoms with Crippen LogP contribution in [0.2, 0.25) is 0 Å². The largest absolute Gasteiger partial charge is 0.480 e. The molecule has 8 heteroatoms. The molecular weight excluding hydrogens is 292 g/mol. The predicted molar refractivity (Wildman–Crippen MR) is 76.9 cm³/mol. The van der Waals surface area contributed by atoms with E-state index in [0.29, 0.717) is 5.56 Å². The van der Waals surface area contributed by atoms with Gasteiger partial charge in [-0.15, -0.1) is 0 Å². The van der Waals surface area contributed by atoms with Gasteiger partial charge in [-0.2, -0.15) is 0 Å². The molecule has 120 valence electrons. The molecular formula is C14H18N2O6. The fourth-order valence-electron chi connectivity index (χ4n) is 1.78. The zero-order chi connectivity index (χ0) is 16.9. The first-order valence-electron chi connectivity index (χ1n) is 6.52. The van der Waals surface area contributed by atoms with Crippen LogP contribution in [0.4, 0.5) is 5.69 Å². The second-order valence-corrected chi connectivity index (χ2v) is 5.53. The highest BCUT2D eigenvalue weighted by Gasteiger charge is 2.33. The summed E-state index contributed by atoms with van der Waals surface area (Å²) in [6.07, 6.45) is -0.0541. The number of non-ortho nitro benzene ring substituents is 1. The Hall–Kier alpha value is -2.48. The summed E-state index contributed by atoms with van der Waals surface area (Å²) in [6, 6.07) is 4.45. The van der Waals surface area contributed by atoms with E-state index in [0.717, 1.165) is 0 Å². The van der Waals surface area contributed by atoms with Crippen molar-refractivity contribution < 1.29 is 24.4 Å². The van der Waals surface area contributed by atoms with Crippen LogP contribution >= 0.6 is 0 Å². The molecule has 1 atom stereocenters. The number of nitro benzene ring substituents is 1. The molecule has 0 aliphatic rings. The third kappa shape index (κ3) is 4.81. The van der Waals surface area contributed by atoms with Gasteiger partial charge in [0.15, 0.2) is 0 Å². The number of benzene rings is 1. The van der Waals surface area contributed by atoms with Crippen LogP contribution in [-0.2, 0) is 20.9 Å². The summed E-state index contributed by atoms with van der Waals surface area (Å²) < 4.78 is 5.12. The lowest BCUT2D eigenvalue weighted by Gasteiger charge is -2.24. The van der Waals surface area contributed by atoms with Gasteiger partial charge in [-0.3, -0.25) is 19.7 Å². The van der Waals surface area contributed by atoms with E-state index in [4.69, 9.17) is 15.6 Å². The number of ether oxygens (including phenoxy) is 1. The van der Waals surface area contributed by atoms with E-state index in [1.54, 1.807) is 13.8 Å². The predicted octanol–water partition coefficient (Wildman–Crippen LogP) is 1.47. The molecule has 1 aromatic rings. The summed E-state index contributed by atoms with van der Waals surface area (Å²) in [5.41, 5.74) is 4.92. The molecule has 0 aliphatic carbocycles. The first kappa shape index (κ1) is 17.6. The fraction of sp³-hybridized carbons (Fsp3) is 0.429. The molecule has 0 amide bonds. The van der Waals surface area contributed by atoms with E-state index in [2.05, 4.69) is 0 Å². The number of rotatable bonds is 7. The van der Waals surface area contributed by atoms with Crippen molar-refractivity contribution >= 4 is 17.6 Å². The molecule has 1 unspecified atom stereocenters. The van der Waals surface area contributed by atoms with E-state index in [1.807, 2.05) is 0 Å². The van der Waals surface area contributed by atoms with Crippen molar-refractivity contribution in [1.29, 1.82) is 0 Å². The van der Waals surface area contributed by atoms with E-state index < -0.39 is 28.3 Å². The van der Waals surface area contributed by atoms with Crippen LogP contribution in [-0.4, -0.2) is 28.0 Å². The molecule has 0 fully saturated rings. The standard InChI is InChI=1S/C14H18N2O6/c1-14(2,7-11(15)12(17)18)13(19)22-8-9-3-5-10(6-4-9)16(20)21/h3-6,11H,7-8,15H2,1-2H3,(H,17,18). The Morgan fingerprint density at radius 1 is 1.36 bits per heavy atom. The Balaban J connectivity index is 2.61. The van der Waals surface area contributed by atoms with Crippen LogP contribution in [0, 0.1) is 15.5 Å². The third-order valence-electron chi connectivity index (χ3n) is 3.12. The van der Waals surface area contributed by atoms with E-state index in [9.17, 15) is 19.7 Å². The number of hydrogen-bond donors (Lipinski definition) is 2. The maximum atomic E-state index is 12.0. The topological polar surface area (TPSA) is 133 Å². The minimum absolute atomic E-state index is 0.0529. The molecule has 1 aromatic carbocycles. The summed E-state index contributed by atoms with van der Waals surface area (Å²) >= 11 is 0. The molecule has 0 heterocycles. The number of carboxylic acids is 1. The molecule has 0 spiro atoms. The summed E-state index contributed by atoms with van der Waals surface area (Å²) in [4.78, 5) is 32.7. The van der Waals surface area contributed by atoms with Crippen molar-refractivity contribution in [3.8, 4) is 0 Å². The van der Waals surface area contributed by atoms with Gasteiger partial charge in [-0.05, 0) is 38.0 Å². The average Bonchev–Trinajstić information content (AvgIpc) is 2.44. The first-order chi connectivity index (χ1) is 10.1. The lowest BCUT2D eigenvalue weighted by molar-refractivity contribution is -0.384. The van der Waals surface area contributed by atoms with Gasteiger partial charge in [0.05, 0.1) is 10.3 Å². The van der Waals surface area contributed by atoms with Gasteiger partial charge in [0.25, 0.3) is 5.69 Å². The number of nitrogens with two attached hydrogens (primary N) is 1. The number of nitro groups is 1. The van der Waals surface area contributed by atoms with Crippen LogP contribution < -0.4 is 5.73 Å². The normalized spacial score (nSPS) is 12.5. The third-order valence-corrected chi connectivity index (χ3v) is 3.12. The highest BCUT2D eigenvalue weighted by molar-refractivity contribution is 5.79. The quantitative estimate of drug-likeness (QED) is 0.442. The molecule has 3 N–H and O–H groups in total. The molecule has 22 heavy (non-hydrogen) atoms. The second-order valence-electron chi connectivity index (χ2n) is 5.53. The molecule has 0 aliphatic heterocycles. The van der Waals surface area contributed by atoms with Crippen LogP contribution in [0.3, 0.4) is 0 Å². The maximum absolute atomic E-state index is 12.0. The monoisotopic (exact) mass is 310 g/mol. The number of hydrogen-bond acceptors (Lipinski definition) is 6. The number of carboxylic acid groups (broad SMARTS) is 1. The SMILES string of the molecule is CC(C)(CC(N)C(=O)O)C(=O)OCc1ccc([N+](=O)[O-])cc1. The van der Waals surface area contributed by atoms with Crippen molar-refractivity contribution in [2.24, 2.45) is 11.1 Å². The highest BCUT2D eigenvalue weighted by atomic mass is 16.6. The summed E-state index contributed by atoms with van der Waals surface area (Å²) in [6.45, 7) is 3.05. The first-order valence-corrected chi connectivity index (χ1v) is 6.52. The van der Waals surface area contributed by atoms with Gasteiger partial charge < -0.3 is 15.6 Å². The van der Waals surface area contributed by atoms with Crippen molar-refractivity contribution in [2.75, 3.05) is 0 Å². The molecule has 0 aromatic heterocycles. The zero-order valence-corrected chi connectivity index (χ0v) is 12.3. The molecule has 1 rings (SSSR count). The lowest BCUT2D eigenvalue weighted by Crippen LogP contribution is -2.39. The Labute approximate surface area is 127 Å². The van der Waals surface area contributed by atoms with Crippen LogP contribution in [0.5, 0.6) is 0 Å². The van der Waals surface area contributed by atoms with Gasteiger partial charge in [0, 0.05) is 12.1 Å². The van der Waals surface area contributed by atoms with Gasteiger partial charge in [0.1, 0.15) is 12.6 Å². The maximum Gasteiger partial charge on any atom is 0.320 e. The summed E-state index contributed by atoms with van der Waals surface area (Å²) in [5, 5.41) is 19.3. The minimum Gasteiger partial charge on any atom is -0.480 e. The molecule has 8 nitrogen and oxygen atoms in total. The Kier molecular flexibility index (Phi) is 5.58. The van der Waals surface area contributed by atoms with E-state index >= 15 is 0 Å². The Morgan fingerprint density at radius 3 is 2.36 bits per heavy atom. The number of nitrogens with zero attached hydrogens (tertiary/aromatic N) is 1. The van der Waals surface area contributed by atoms with Gasteiger partial charge >= 0.3 is 11.9 Å². The van der Waals surface area contributed by atoms with E-state index in [1.165, 1.54) is 24.3 Å².